The van der Waals surface area contributed by atoms with Gasteiger partial charge in [0.05, 0.1) is 14.2 Å². The standard InChI is InChI=1S/C12H19NO3/c1-6-11(15-4)8-12(16-5)7-9(2)13-10(3)14/h7H,6H2,1-5H3,(H,13,14). The molecule has 0 saturated heterocycles. The van der Waals surface area contributed by atoms with Crippen LogP contribution >= 0.6 is 0 Å². The van der Waals surface area contributed by atoms with Gasteiger partial charge in [0.15, 0.2) is 5.76 Å². The molecule has 0 radical (unpaired) electrons. The van der Waals surface area contributed by atoms with Crippen molar-refractivity contribution in [2.75, 3.05) is 14.2 Å². The first-order chi connectivity index (χ1) is 7.53. The summed E-state index contributed by atoms with van der Waals surface area (Å²) in [6.45, 7) is 5.19. The van der Waals surface area contributed by atoms with Gasteiger partial charge in [-0.05, 0) is 12.7 Å². The van der Waals surface area contributed by atoms with E-state index in [1.807, 2.05) is 6.92 Å². The number of nitrogens with one attached hydrogen (secondary N) is 1. The predicted octanol–water partition coefficient (Wildman–Crippen LogP) is 2.10. The number of amides is 1. The first-order valence-corrected chi connectivity index (χ1v) is 5.07. The number of hydrogen-bond acceptors (Lipinski definition) is 3. The summed E-state index contributed by atoms with van der Waals surface area (Å²) >= 11 is 0. The maximum absolute atomic E-state index is 10.8. The summed E-state index contributed by atoms with van der Waals surface area (Å²) in [6, 6.07) is 0. The molecule has 0 saturated carbocycles. The van der Waals surface area contributed by atoms with Crippen molar-refractivity contribution in [1.29, 1.82) is 0 Å². The molecule has 0 fully saturated rings. The van der Waals surface area contributed by atoms with Crippen molar-refractivity contribution in [2.24, 2.45) is 0 Å². The number of methoxy groups -OCH3 is 2. The van der Waals surface area contributed by atoms with Crippen molar-refractivity contribution in [1.82, 2.24) is 5.32 Å². The molecule has 0 atom stereocenters. The summed E-state index contributed by atoms with van der Waals surface area (Å²) in [5.74, 6) is 1.10. The quantitative estimate of drug-likeness (QED) is 0.443. The first kappa shape index (κ1) is 14.3. The number of rotatable bonds is 5. The molecule has 0 rings (SSSR count). The van der Waals surface area contributed by atoms with Gasteiger partial charge in [-0.2, -0.15) is 0 Å². The highest BCUT2D eigenvalue weighted by molar-refractivity contribution is 5.74. The molecular formula is C12H19NO3. The minimum absolute atomic E-state index is 0.115. The van der Waals surface area contributed by atoms with Gasteiger partial charge in [-0.3, -0.25) is 4.79 Å². The summed E-state index contributed by atoms with van der Waals surface area (Å²) in [5, 5.41) is 2.65. The van der Waals surface area contributed by atoms with Crippen LogP contribution in [0.5, 0.6) is 0 Å². The van der Waals surface area contributed by atoms with E-state index in [1.54, 1.807) is 27.2 Å². The third-order valence-electron chi connectivity index (χ3n) is 1.77. The van der Waals surface area contributed by atoms with E-state index in [1.165, 1.54) is 6.92 Å². The molecule has 0 spiro atoms. The third-order valence-corrected chi connectivity index (χ3v) is 1.77. The zero-order valence-electron chi connectivity index (χ0n) is 10.5. The van der Waals surface area contributed by atoms with Crippen molar-refractivity contribution < 1.29 is 14.3 Å². The molecule has 0 aromatic carbocycles. The number of carbonyl (C=O) groups excluding carboxylic acids is 1. The second-order valence-electron chi connectivity index (χ2n) is 3.18. The Morgan fingerprint density at radius 1 is 1.31 bits per heavy atom. The van der Waals surface area contributed by atoms with E-state index in [2.05, 4.69) is 11.0 Å². The molecule has 0 aliphatic heterocycles. The molecule has 0 aliphatic carbocycles. The van der Waals surface area contributed by atoms with E-state index in [0.29, 0.717) is 17.2 Å². The Bertz CT molecular complexity index is 330. The average molecular weight is 225 g/mol. The molecule has 16 heavy (non-hydrogen) atoms. The minimum Gasteiger partial charge on any atom is -0.493 e. The molecule has 0 bridgehead atoms. The Kier molecular flexibility index (Phi) is 6.81. The Balaban J connectivity index is 5.01. The molecule has 0 aromatic heterocycles. The van der Waals surface area contributed by atoms with Crippen LogP contribution in [0.2, 0.25) is 0 Å². The fourth-order valence-electron chi connectivity index (χ4n) is 1.08. The molecule has 4 heteroatoms. The topological polar surface area (TPSA) is 47.6 Å². The Morgan fingerprint density at radius 3 is 2.31 bits per heavy atom. The molecule has 1 N–H and O–H groups in total. The van der Waals surface area contributed by atoms with Gasteiger partial charge in [-0.1, -0.05) is 6.92 Å². The van der Waals surface area contributed by atoms with Gasteiger partial charge in [0, 0.05) is 25.1 Å². The van der Waals surface area contributed by atoms with Crippen molar-refractivity contribution in [3.05, 3.63) is 29.0 Å². The number of hydrogen-bond donors (Lipinski definition) is 1. The van der Waals surface area contributed by atoms with Crippen LogP contribution in [-0.4, -0.2) is 20.1 Å². The van der Waals surface area contributed by atoms with Crippen LogP contribution in [0.4, 0.5) is 0 Å². The van der Waals surface area contributed by atoms with E-state index >= 15 is 0 Å². The van der Waals surface area contributed by atoms with Crippen LogP contribution < -0.4 is 5.32 Å². The normalized spacial score (nSPS) is 10.2. The lowest BCUT2D eigenvalue weighted by molar-refractivity contribution is -0.118. The maximum atomic E-state index is 10.8. The van der Waals surface area contributed by atoms with Crippen molar-refractivity contribution in [2.45, 2.75) is 27.2 Å². The summed E-state index contributed by atoms with van der Waals surface area (Å²) in [5.41, 5.74) is 3.67. The van der Waals surface area contributed by atoms with Gasteiger partial charge in [-0.15, -0.1) is 0 Å². The zero-order valence-corrected chi connectivity index (χ0v) is 10.5. The van der Waals surface area contributed by atoms with E-state index in [-0.39, 0.29) is 5.91 Å². The van der Waals surface area contributed by atoms with Crippen LogP contribution in [0.3, 0.4) is 0 Å². The van der Waals surface area contributed by atoms with Crippen molar-refractivity contribution >= 4 is 5.91 Å². The van der Waals surface area contributed by atoms with Gasteiger partial charge in [0.25, 0.3) is 0 Å². The van der Waals surface area contributed by atoms with Gasteiger partial charge in [0.1, 0.15) is 5.76 Å². The Morgan fingerprint density at radius 2 is 1.94 bits per heavy atom. The van der Waals surface area contributed by atoms with Gasteiger partial charge < -0.3 is 14.8 Å². The molecule has 0 aliphatic rings. The number of allylic oxidation sites excluding steroid dienone is 2. The van der Waals surface area contributed by atoms with Crippen LogP contribution in [0.1, 0.15) is 27.2 Å². The SMILES string of the molecule is CCC(=C=C(C=C(C)NC(C)=O)OC)OC. The first-order valence-electron chi connectivity index (χ1n) is 5.07. The smallest absolute Gasteiger partial charge is 0.220 e. The Labute approximate surface area is 96.6 Å². The lowest BCUT2D eigenvalue weighted by Gasteiger charge is -2.03. The molecular weight excluding hydrogens is 206 g/mol. The van der Waals surface area contributed by atoms with Crippen molar-refractivity contribution in [3.63, 3.8) is 0 Å². The zero-order chi connectivity index (χ0) is 12.6. The predicted molar refractivity (Wildman–Crippen MR) is 62.4 cm³/mol. The van der Waals surface area contributed by atoms with Crippen LogP contribution in [0, 0.1) is 0 Å². The summed E-state index contributed by atoms with van der Waals surface area (Å²) in [4.78, 5) is 10.8. The third kappa shape index (κ3) is 5.94. The maximum Gasteiger partial charge on any atom is 0.220 e. The van der Waals surface area contributed by atoms with E-state index < -0.39 is 0 Å². The summed E-state index contributed by atoms with van der Waals surface area (Å²) in [6.07, 6.45) is 2.42. The number of ether oxygens (including phenoxy) is 2. The summed E-state index contributed by atoms with van der Waals surface area (Å²) < 4.78 is 10.2. The van der Waals surface area contributed by atoms with Crippen LogP contribution in [0.15, 0.2) is 29.0 Å². The van der Waals surface area contributed by atoms with Crippen molar-refractivity contribution in [3.8, 4) is 0 Å². The van der Waals surface area contributed by atoms with E-state index in [4.69, 9.17) is 9.47 Å². The molecule has 1 amide bonds. The fourth-order valence-corrected chi connectivity index (χ4v) is 1.08. The van der Waals surface area contributed by atoms with Gasteiger partial charge >= 0.3 is 0 Å². The number of carbonyl (C=O) groups is 1. The van der Waals surface area contributed by atoms with Crippen LogP contribution in [-0.2, 0) is 14.3 Å². The molecule has 0 heterocycles. The van der Waals surface area contributed by atoms with Crippen LogP contribution in [0.25, 0.3) is 0 Å². The monoisotopic (exact) mass is 225 g/mol. The molecule has 4 nitrogen and oxygen atoms in total. The highest BCUT2D eigenvalue weighted by atomic mass is 16.5. The molecule has 0 aromatic rings. The second-order valence-corrected chi connectivity index (χ2v) is 3.18. The molecule has 90 valence electrons. The highest BCUT2D eigenvalue weighted by Gasteiger charge is 1.97. The summed E-state index contributed by atoms with van der Waals surface area (Å²) in [7, 11) is 3.13. The highest BCUT2D eigenvalue weighted by Crippen LogP contribution is 2.05. The minimum atomic E-state index is -0.115. The largest absolute Gasteiger partial charge is 0.493 e. The lowest BCUT2D eigenvalue weighted by Crippen LogP contribution is -2.17. The van der Waals surface area contributed by atoms with E-state index in [9.17, 15) is 4.79 Å². The van der Waals surface area contributed by atoms with Gasteiger partial charge in [0.2, 0.25) is 5.91 Å². The van der Waals surface area contributed by atoms with E-state index in [0.717, 1.165) is 6.42 Å². The molecule has 0 unspecified atom stereocenters. The van der Waals surface area contributed by atoms with Gasteiger partial charge in [-0.25, -0.2) is 0 Å². The Hall–Kier alpha value is -1.67. The fraction of sp³-hybridized carbons (Fsp3) is 0.500. The second kappa shape index (κ2) is 7.60. The average Bonchev–Trinajstić information content (AvgIpc) is 2.22. The lowest BCUT2D eigenvalue weighted by atomic mass is 10.3.